The third-order valence-electron chi connectivity index (χ3n) is 4.01. The summed E-state index contributed by atoms with van der Waals surface area (Å²) in [5.41, 5.74) is 2.03. The molecule has 3 rings (SSSR count). The van der Waals surface area contributed by atoms with Gasteiger partial charge in [-0.3, -0.25) is 9.59 Å². The number of carbonyl (C=O) groups excluding carboxylic acids is 2. The van der Waals surface area contributed by atoms with E-state index in [1.165, 1.54) is 0 Å². The van der Waals surface area contributed by atoms with E-state index < -0.39 is 0 Å². The predicted octanol–water partition coefficient (Wildman–Crippen LogP) is 3.17. The predicted molar refractivity (Wildman–Crippen MR) is 105 cm³/mol. The van der Waals surface area contributed by atoms with Crippen LogP contribution in [0.4, 0.5) is 5.69 Å². The minimum Gasteiger partial charge on any atom is -0.482 e. The van der Waals surface area contributed by atoms with E-state index in [2.05, 4.69) is 31.0 Å². The number of benzene rings is 2. The van der Waals surface area contributed by atoms with E-state index in [0.29, 0.717) is 36.0 Å². The summed E-state index contributed by atoms with van der Waals surface area (Å²) in [5.74, 6) is 6.72. The first-order valence-electron chi connectivity index (χ1n) is 8.93. The summed E-state index contributed by atoms with van der Waals surface area (Å²) < 4.78 is 5.42. The van der Waals surface area contributed by atoms with Crippen molar-refractivity contribution in [3.05, 3.63) is 59.7 Å². The normalized spacial score (nSPS) is 12.3. The maximum atomic E-state index is 13.0. The number of nitrogens with one attached hydrogen (secondary N) is 1. The summed E-state index contributed by atoms with van der Waals surface area (Å²) >= 11 is 0. The molecule has 2 aromatic carbocycles. The zero-order valence-electron chi connectivity index (χ0n) is 15.5. The lowest BCUT2D eigenvalue weighted by molar-refractivity contribution is -0.118. The van der Waals surface area contributed by atoms with Gasteiger partial charge < -0.3 is 15.0 Å². The highest BCUT2D eigenvalue weighted by Gasteiger charge is 2.21. The number of nitrogens with zero attached hydrogens (tertiary/aromatic N) is 1. The van der Waals surface area contributed by atoms with Crippen LogP contribution >= 0.6 is 0 Å². The molecule has 2 amide bonds. The molecule has 1 heterocycles. The minimum atomic E-state index is -0.195. The van der Waals surface area contributed by atoms with E-state index in [0.717, 1.165) is 5.56 Å². The van der Waals surface area contributed by atoms with Crippen molar-refractivity contribution in [2.75, 3.05) is 25.0 Å². The molecule has 1 aliphatic heterocycles. The molecule has 0 fully saturated rings. The van der Waals surface area contributed by atoms with E-state index in [-0.39, 0.29) is 18.4 Å². The Labute approximate surface area is 159 Å². The summed E-state index contributed by atoms with van der Waals surface area (Å²) in [6.07, 6.45) is 0. The molecule has 5 nitrogen and oxygen atoms in total. The van der Waals surface area contributed by atoms with E-state index >= 15 is 0 Å². The monoisotopic (exact) mass is 362 g/mol. The van der Waals surface area contributed by atoms with Crippen LogP contribution in [0.5, 0.6) is 5.75 Å². The minimum absolute atomic E-state index is 0.0388. The van der Waals surface area contributed by atoms with E-state index in [9.17, 15) is 9.59 Å². The maximum absolute atomic E-state index is 13.0. The van der Waals surface area contributed by atoms with Gasteiger partial charge in [-0.25, -0.2) is 0 Å². The van der Waals surface area contributed by atoms with Crippen LogP contribution in [0.2, 0.25) is 0 Å². The fraction of sp³-hybridized carbons (Fsp3) is 0.273. The van der Waals surface area contributed by atoms with Crippen molar-refractivity contribution in [1.82, 2.24) is 4.90 Å². The molecule has 0 unspecified atom stereocenters. The Morgan fingerprint density at radius 3 is 2.74 bits per heavy atom. The smallest absolute Gasteiger partial charge is 0.262 e. The molecule has 0 spiro atoms. The average molecular weight is 362 g/mol. The highest BCUT2D eigenvalue weighted by atomic mass is 16.5. The topological polar surface area (TPSA) is 58.6 Å². The van der Waals surface area contributed by atoms with Crippen LogP contribution in [0.1, 0.15) is 29.8 Å². The summed E-state index contributed by atoms with van der Waals surface area (Å²) in [6, 6.07) is 14.8. The van der Waals surface area contributed by atoms with Gasteiger partial charge in [-0.2, -0.15) is 0 Å². The van der Waals surface area contributed by atoms with Gasteiger partial charge in [0, 0.05) is 17.7 Å². The molecule has 138 valence electrons. The van der Waals surface area contributed by atoms with E-state index in [1.807, 2.05) is 30.3 Å². The molecule has 0 aromatic heterocycles. The van der Waals surface area contributed by atoms with Gasteiger partial charge in [-0.15, -0.1) is 0 Å². The Balaban J connectivity index is 1.77. The maximum Gasteiger partial charge on any atom is 0.262 e. The van der Waals surface area contributed by atoms with Crippen molar-refractivity contribution in [1.29, 1.82) is 0 Å². The number of hydrogen-bond acceptors (Lipinski definition) is 3. The fourth-order valence-electron chi connectivity index (χ4n) is 2.81. The Morgan fingerprint density at radius 2 is 2.00 bits per heavy atom. The van der Waals surface area contributed by atoms with Crippen molar-refractivity contribution < 1.29 is 14.3 Å². The highest BCUT2D eigenvalue weighted by molar-refractivity contribution is 5.99. The molecule has 5 heteroatoms. The largest absolute Gasteiger partial charge is 0.482 e. The van der Waals surface area contributed by atoms with Crippen LogP contribution < -0.4 is 10.1 Å². The van der Waals surface area contributed by atoms with Crippen LogP contribution in [-0.4, -0.2) is 36.4 Å². The van der Waals surface area contributed by atoms with Gasteiger partial charge in [0.15, 0.2) is 6.61 Å². The molecule has 2 aromatic rings. The van der Waals surface area contributed by atoms with Crippen LogP contribution in [0.15, 0.2) is 48.5 Å². The van der Waals surface area contributed by atoms with Gasteiger partial charge in [-0.05, 0) is 36.2 Å². The number of carbonyl (C=O) groups is 2. The first kappa shape index (κ1) is 18.5. The fourth-order valence-corrected chi connectivity index (χ4v) is 2.81. The Kier molecular flexibility index (Phi) is 5.77. The van der Waals surface area contributed by atoms with Crippen LogP contribution in [-0.2, 0) is 4.79 Å². The van der Waals surface area contributed by atoms with E-state index in [4.69, 9.17) is 4.74 Å². The SMILES string of the molecule is CC(C)CN(CC#Cc1ccccc1)C(=O)c1ccc2c(c1)OCC(=O)N2. The Bertz CT molecular complexity index is 895. The van der Waals surface area contributed by atoms with Crippen LogP contribution in [0.3, 0.4) is 0 Å². The number of amides is 2. The lowest BCUT2D eigenvalue weighted by Gasteiger charge is -2.24. The van der Waals surface area contributed by atoms with Crippen LogP contribution in [0.25, 0.3) is 0 Å². The molecular formula is C22H22N2O3. The van der Waals surface area contributed by atoms with Gasteiger partial charge in [0.25, 0.3) is 11.8 Å². The third-order valence-corrected chi connectivity index (χ3v) is 4.01. The summed E-state index contributed by atoms with van der Waals surface area (Å²) in [4.78, 5) is 26.1. The van der Waals surface area contributed by atoms with Gasteiger partial charge in [0.1, 0.15) is 5.75 Å². The molecule has 0 bridgehead atoms. The second-order valence-electron chi connectivity index (χ2n) is 6.80. The summed E-state index contributed by atoms with van der Waals surface area (Å²) in [7, 11) is 0. The molecule has 0 saturated carbocycles. The van der Waals surface area contributed by atoms with E-state index in [1.54, 1.807) is 23.1 Å². The van der Waals surface area contributed by atoms with Crippen molar-refractivity contribution in [2.45, 2.75) is 13.8 Å². The van der Waals surface area contributed by atoms with Crippen molar-refractivity contribution in [3.63, 3.8) is 0 Å². The zero-order valence-corrected chi connectivity index (χ0v) is 15.5. The second-order valence-corrected chi connectivity index (χ2v) is 6.80. The summed E-state index contributed by atoms with van der Waals surface area (Å²) in [5, 5.41) is 2.73. The Morgan fingerprint density at radius 1 is 1.22 bits per heavy atom. The summed E-state index contributed by atoms with van der Waals surface area (Å²) in [6.45, 7) is 5.05. The quantitative estimate of drug-likeness (QED) is 0.850. The zero-order chi connectivity index (χ0) is 19.2. The van der Waals surface area contributed by atoms with Gasteiger partial charge in [-0.1, -0.05) is 43.9 Å². The molecular weight excluding hydrogens is 340 g/mol. The molecule has 27 heavy (non-hydrogen) atoms. The number of ether oxygens (including phenoxy) is 1. The van der Waals surface area contributed by atoms with Crippen molar-refractivity contribution in [2.24, 2.45) is 5.92 Å². The lowest BCUT2D eigenvalue weighted by Crippen LogP contribution is -2.34. The van der Waals surface area contributed by atoms with Gasteiger partial charge in [0.05, 0.1) is 12.2 Å². The van der Waals surface area contributed by atoms with Gasteiger partial charge >= 0.3 is 0 Å². The number of rotatable bonds is 4. The van der Waals surface area contributed by atoms with Crippen LogP contribution in [0, 0.1) is 17.8 Å². The molecule has 1 aliphatic rings. The van der Waals surface area contributed by atoms with Crippen molar-refractivity contribution >= 4 is 17.5 Å². The number of fused-ring (bicyclic) bond motifs is 1. The van der Waals surface area contributed by atoms with Gasteiger partial charge in [0.2, 0.25) is 0 Å². The number of anilines is 1. The first-order valence-corrected chi connectivity index (χ1v) is 8.93. The molecule has 1 N–H and O–H groups in total. The number of hydrogen-bond donors (Lipinski definition) is 1. The standard InChI is InChI=1S/C22H22N2O3/c1-16(2)14-24(12-6-9-17-7-4-3-5-8-17)22(26)18-10-11-19-20(13-18)27-15-21(25)23-19/h3-5,7-8,10-11,13,16H,12,14-15H2,1-2H3,(H,23,25). The highest BCUT2D eigenvalue weighted by Crippen LogP contribution is 2.29. The van der Waals surface area contributed by atoms with Crippen molar-refractivity contribution in [3.8, 4) is 17.6 Å². The lowest BCUT2D eigenvalue weighted by atomic mass is 10.1. The molecule has 0 radical (unpaired) electrons. The first-order chi connectivity index (χ1) is 13.0. The average Bonchev–Trinajstić information content (AvgIpc) is 2.67. The Hall–Kier alpha value is -3.26. The molecule has 0 aliphatic carbocycles. The third kappa shape index (κ3) is 4.89. The second kappa shape index (κ2) is 8.41. The molecule has 0 atom stereocenters. The molecule has 0 saturated heterocycles.